The fourth-order valence-electron chi connectivity index (χ4n) is 2.41. The van der Waals surface area contributed by atoms with E-state index < -0.39 is 0 Å². The van der Waals surface area contributed by atoms with Gasteiger partial charge in [0.1, 0.15) is 11.7 Å². The maximum Gasteiger partial charge on any atom is 0.261 e. The fraction of sp³-hybridized carbons (Fsp3) is 0.278. The summed E-state index contributed by atoms with van der Waals surface area (Å²) in [5.41, 5.74) is 1.64. The Morgan fingerprint density at radius 2 is 2.04 bits per heavy atom. The molecule has 0 radical (unpaired) electrons. The van der Waals surface area contributed by atoms with Crippen LogP contribution in [0.25, 0.3) is 0 Å². The highest BCUT2D eigenvalue weighted by Gasteiger charge is 2.21. The number of rotatable bonds is 5. The van der Waals surface area contributed by atoms with Gasteiger partial charge in [0.05, 0.1) is 0 Å². The maximum absolute atomic E-state index is 12.5. The van der Waals surface area contributed by atoms with Gasteiger partial charge in [-0.25, -0.2) is 4.98 Å². The topological polar surface area (TPSA) is 68.3 Å². The monoisotopic (exact) mass is 342 g/mol. The Balaban J connectivity index is 1.73. The van der Waals surface area contributed by atoms with Gasteiger partial charge < -0.3 is 10.1 Å². The number of amides is 1. The predicted octanol–water partition coefficient (Wildman–Crippen LogP) is 3.42. The van der Waals surface area contributed by atoms with Gasteiger partial charge in [0, 0.05) is 23.2 Å². The molecule has 1 fully saturated rings. The number of ketones is 1. The number of nitrogens with one attached hydrogen (secondary N) is 1. The highest BCUT2D eigenvalue weighted by Crippen LogP contribution is 2.24. The molecule has 3 rings (SSSR count). The summed E-state index contributed by atoms with van der Waals surface area (Å²) in [6.45, 7) is 1.51. The SMILES string of the molecule is CC(=O)c1ccc(NC(=O)c2cccnc2OC2CCSC2)cc1. The summed E-state index contributed by atoms with van der Waals surface area (Å²) in [5, 5.41) is 2.81. The first-order chi connectivity index (χ1) is 11.6. The summed E-state index contributed by atoms with van der Waals surface area (Å²) >= 11 is 1.84. The number of carbonyl (C=O) groups is 2. The third kappa shape index (κ3) is 3.94. The molecule has 5 nitrogen and oxygen atoms in total. The average Bonchev–Trinajstić information content (AvgIpc) is 3.09. The van der Waals surface area contributed by atoms with Crippen molar-refractivity contribution in [3.63, 3.8) is 0 Å². The van der Waals surface area contributed by atoms with Crippen LogP contribution in [0.1, 0.15) is 34.1 Å². The van der Waals surface area contributed by atoms with Crippen LogP contribution in [0.4, 0.5) is 5.69 Å². The fourth-order valence-corrected chi connectivity index (χ4v) is 3.50. The number of carbonyl (C=O) groups excluding carboxylic acids is 2. The lowest BCUT2D eigenvalue weighted by atomic mass is 10.1. The van der Waals surface area contributed by atoms with Gasteiger partial charge in [-0.3, -0.25) is 9.59 Å². The molecule has 1 aromatic heterocycles. The number of thioether (sulfide) groups is 1. The van der Waals surface area contributed by atoms with E-state index in [1.165, 1.54) is 6.92 Å². The Labute approximate surface area is 144 Å². The van der Waals surface area contributed by atoms with Crippen molar-refractivity contribution < 1.29 is 14.3 Å². The van der Waals surface area contributed by atoms with Gasteiger partial charge in [-0.05, 0) is 55.5 Å². The average molecular weight is 342 g/mol. The molecule has 0 aliphatic carbocycles. The largest absolute Gasteiger partial charge is 0.473 e. The van der Waals surface area contributed by atoms with Crippen molar-refractivity contribution in [2.45, 2.75) is 19.4 Å². The number of hydrogen-bond acceptors (Lipinski definition) is 5. The standard InChI is InChI=1S/C18H18N2O3S/c1-12(21)13-4-6-14(7-5-13)20-17(22)16-3-2-9-19-18(16)23-15-8-10-24-11-15/h2-7,9,15H,8,10-11H2,1H3,(H,20,22). The van der Waals surface area contributed by atoms with E-state index in [2.05, 4.69) is 10.3 Å². The Bertz CT molecular complexity index is 740. The molecule has 24 heavy (non-hydrogen) atoms. The van der Waals surface area contributed by atoms with Crippen LogP contribution < -0.4 is 10.1 Å². The van der Waals surface area contributed by atoms with E-state index >= 15 is 0 Å². The van der Waals surface area contributed by atoms with E-state index in [-0.39, 0.29) is 17.8 Å². The molecule has 2 heterocycles. The molecule has 0 spiro atoms. The minimum absolute atomic E-state index is 0.00902. The van der Waals surface area contributed by atoms with Gasteiger partial charge in [-0.2, -0.15) is 11.8 Å². The number of aromatic nitrogens is 1. The van der Waals surface area contributed by atoms with E-state index in [1.54, 1.807) is 42.6 Å². The first-order valence-corrected chi connectivity index (χ1v) is 8.91. The van der Waals surface area contributed by atoms with Gasteiger partial charge >= 0.3 is 0 Å². The van der Waals surface area contributed by atoms with Crippen LogP contribution in [-0.2, 0) is 0 Å². The number of ether oxygens (including phenoxy) is 1. The minimum Gasteiger partial charge on any atom is -0.473 e. The zero-order chi connectivity index (χ0) is 16.9. The van der Waals surface area contributed by atoms with E-state index in [9.17, 15) is 9.59 Å². The zero-order valence-electron chi connectivity index (χ0n) is 13.3. The molecule has 1 saturated heterocycles. The van der Waals surface area contributed by atoms with E-state index in [0.717, 1.165) is 17.9 Å². The Morgan fingerprint density at radius 3 is 2.71 bits per heavy atom. The van der Waals surface area contributed by atoms with Crippen LogP contribution in [0, 0.1) is 0 Å². The zero-order valence-corrected chi connectivity index (χ0v) is 14.1. The first kappa shape index (κ1) is 16.5. The van der Waals surface area contributed by atoms with Crippen molar-refractivity contribution in [2.75, 3.05) is 16.8 Å². The number of hydrogen-bond donors (Lipinski definition) is 1. The van der Waals surface area contributed by atoms with Crippen LogP contribution in [0.15, 0.2) is 42.6 Å². The predicted molar refractivity (Wildman–Crippen MR) is 95.0 cm³/mol. The molecule has 1 unspecified atom stereocenters. The molecule has 1 atom stereocenters. The van der Waals surface area contributed by atoms with Crippen LogP contribution in [-0.4, -0.2) is 34.3 Å². The lowest BCUT2D eigenvalue weighted by Crippen LogP contribution is -2.20. The maximum atomic E-state index is 12.5. The normalized spacial score (nSPS) is 16.6. The molecule has 1 aliphatic heterocycles. The van der Waals surface area contributed by atoms with Gasteiger partial charge in [0.15, 0.2) is 5.78 Å². The summed E-state index contributed by atoms with van der Waals surface area (Å²) in [6, 6.07) is 10.2. The molecule has 1 aromatic carbocycles. The summed E-state index contributed by atoms with van der Waals surface area (Å²) in [5.74, 6) is 2.07. The van der Waals surface area contributed by atoms with Crippen molar-refractivity contribution in [3.05, 3.63) is 53.7 Å². The lowest BCUT2D eigenvalue weighted by Gasteiger charge is -2.14. The lowest BCUT2D eigenvalue weighted by molar-refractivity contribution is 0.101. The Morgan fingerprint density at radius 1 is 1.25 bits per heavy atom. The summed E-state index contributed by atoms with van der Waals surface area (Å²) in [6.07, 6.45) is 2.69. The molecule has 1 aliphatic rings. The molecule has 1 N–H and O–H groups in total. The third-order valence-corrected chi connectivity index (χ3v) is 4.86. The summed E-state index contributed by atoms with van der Waals surface area (Å²) < 4.78 is 5.88. The van der Waals surface area contributed by atoms with Crippen molar-refractivity contribution >= 4 is 29.1 Å². The minimum atomic E-state index is -0.278. The van der Waals surface area contributed by atoms with Crippen LogP contribution in [0.2, 0.25) is 0 Å². The summed E-state index contributed by atoms with van der Waals surface area (Å²) in [4.78, 5) is 28.0. The summed E-state index contributed by atoms with van der Waals surface area (Å²) in [7, 11) is 0. The van der Waals surface area contributed by atoms with Crippen molar-refractivity contribution in [1.29, 1.82) is 0 Å². The molecular weight excluding hydrogens is 324 g/mol. The van der Waals surface area contributed by atoms with Crippen molar-refractivity contribution in [3.8, 4) is 5.88 Å². The van der Waals surface area contributed by atoms with E-state index in [0.29, 0.717) is 22.7 Å². The second kappa shape index (κ2) is 7.49. The number of nitrogens with zero attached hydrogens (tertiary/aromatic N) is 1. The molecular formula is C18H18N2O3S. The van der Waals surface area contributed by atoms with Crippen LogP contribution in [0.5, 0.6) is 5.88 Å². The van der Waals surface area contributed by atoms with E-state index in [4.69, 9.17) is 4.74 Å². The number of pyridine rings is 1. The number of anilines is 1. The highest BCUT2D eigenvalue weighted by atomic mass is 32.2. The van der Waals surface area contributed by atoms with Crippen molar-refractivity contribution in [1.82, 2.24) is 4.98 Å². The second-order valence-electron chi connectivity index (χ2n) is 5.55. The van der Waals surface area contributed by atoms with Crippen molar-refractivity contribution in [2.24, 2.45) is 0 Å². The Kier molecular flexibility index (Phi) is 5.15. The number of Topliss-reactive ketones (excluding diaryl/α,β-unsaturated/α-hetero) is 1. The van der Waals surface area contributed by atoms with Gasteiger partial charge in [-0.1, -0.05) is 0 Å². The smallest absolute Gasteiger partial charge is 0.261 e. The number of benzene rings is 1. The van der Waals surface area contributed by atoms with Crippen LogP contribution >= 0.6 is 11.8 Å². The van der Waals surface area contributed by atoms with Gasteiger partial charge in [0.2, 0.25) is 5.88 Å². The molecule has 2 aromatic rings. The second-order valence-corrected chi connectivity index (χ2v) is 6.70. The van der Waals surface area contributed by atoms with Gasteiger partial charge in [0.25, 0.3) is 5.91 Å². The molecule has 6 heteroatoms. The molecule has 1 amide bonds. The molecule has 124 valence electrons. The molecule has 0 saturated carbocycles. The molecule has 0 bridgehead atoms. The first-order valence-electron chi connectivity index (χ1n) is 7.75. The Hall–Kier alpha value is -2.34. The van der Waals surface area contributed by atoms with E-state index in [1.807, 2.05) is 11.8 Å². The highest BCUT2D eigenvalue weighted by molar-refractivity contribution is 7.99. The quantitative estimate of drug-likeness (QED) is 0.843. The van der Waals surface area contributed by atoms with Gasteiger partial charge in [-0.15, -0.1) is 0 Å². The third-order valence-electron chi connectivity index (χ3n) is 3.73. The van der Waals surface area contributed by atoms with Crippen LogP contribution in [0.3, 0.4) is 0 Å².